The summed E-state index contributed by atoms with van der Waals surface area (Å²) in [5, 5.41) is 10.5. The van der Waals surface area contributed by atoms with Gasteiger partial charge in [0.2, 0.25) is 5.89 Å². The van der Waals surface area contributed by atoms with E-state index in [1.54, 1.807) is 10.9 Å². The monoisotopic (exact) mass is 467 g/mol. The number of hydrogen-bond acceptors (Lipinski definition) is 5. The third kappa shape index (κ3) is 5.28. The van der Waals surface area contributed by atoms with Crippen LogP contribution in [0.4, 0.5) is 0 Å². The zero-order chi connectivity index (χ0) is 17.5. The van der Waals surface area contributed by atoms with Crippen LogP contribution in [0.1, 0.15) is 18.4 Å². The molecule has 8 nitrogen and oxygen atoms in total. The maximum absolute atomic E-state index is 5.53. The minimum Gasteiger partial charge on any atom is -0.444 e. The number of aryl methyl sites for hydroxylation is 1. The molecule has 0 spiro atoms. The first kappa shape index (κ1) is 19.9. The van der Waals surface area contributed by atoms with Gasteiger partial charge in [-0.15, -0.1) is 24.0 Å². The summed E-state index contributed by atoms with van der Waals surface area (Å²) in [6.07, 6.45) is 3.17. The largest absolute Gasteiger partial charge is 0.444 e. The van der Waals surface area contributed by atoms with Gasteiger partial charge in [-0.25, -0.2) is 15.0 Å². The first-order chi connectivity index (χ1) is 12.3. The van der Waals surface area contributed by atoms with E-state index in [-0.39, 0.29) is 24.0 Å². The van der Waals surface area contributed by atoms with Crippen molar-refractivity contribution in [1.29, 1.82) is 0 Å². The third-order valence-corrected chi connectivity index (χ3v) is 3.53. The van der Waals surface area contributed by atoms with Gasteiger partial charge in [-0.1, -0.05) is 18.2 Å². The van der Waals surface area contributed by atoms with Gasteiger partial charge in [0.1, 0.15) is 24.1 Å². The zero-order valence-corrected chi connectivity index (χ0v) is 17.0. The highest BCUT2D eigenvalue weighted by Gasteiger charge is 2.07. The standard InChI is InChI=1S/C17H21N7O.HI/c1-3-18-17(20-10-15-21-12-22-24(15)2)19-9-14-11-25-16(23-14)13-7-5-4-6-8-13;/h4-8,11-12H,3,9-10H2,1-2H3,(H2,18,19,20);1H. The van der Waals surface area contributed by atoms with Gasteiger partial charge < -0.3 is 15.1 Å². The van der Waals surface area contributed by atoms with Gasteiger partial charge in [0.15, 0.2) is 5.96 Å². The minimum atomic E-state index is 0. The Hall–Kier alpha value is -2.43. The van der Waals surface area contributed by atoms with Crippen LogP contribution in [0.2, 0.25) is 0 Å². The van der Waals surface area contributed by atoms with Crippen LogP contribution in [0.15, 0.2) is 52.3 Å². The van der Waals surface area contributed by atoms with Crippen molar-refractivity contribution in [3.8, 4) is 11.5 Å². The van der Waals surface area contributed by atoms with E-state index in [1.165, 1.54) is 6.33 Å². The fourth-order valence-electron chi connectivity index (χ4n) is 2.24. The number of nitrogens with one attached hydrogen (secondary N) is 2. The predicted molar refractivity (Wildman–Crippen MR) is 110 cm³/mol. The molecule has 3 aromatic rings. The lowest BCUT2D eigenvalue weighted by Crippen LogP contribution is -2.37. The molecular formula is C17H22IN7O. The van der Waals surface area contributed by atoms with E-state index in [1.807, 2.05) is 44.3 Å². The van der Waals surface area contributed by atoms with Gasteiger partial charge in [0, 0.05) is 19.2 Å². The number of guanidine groups is 1. The molecule has 26 heavy (non-hydrogen) atoms. The van der Waals surface area contributed by atoms with E-state index in [9.17, 15) is 0 Å². The summed E-state index contributed by atoms with van der Waals surface area (Å²) in [6, 6.07) is 9.80. The highest BCUT2D eigenvalue weighted by Crippen LogP contribution is 2.18. The second kappa shape index (κ2) is 9.90. The van der Waals surface area contributed by atoms with E-state index in [2.05, 4.69) is 30.7 Å². The quantitative estimate of drug-likeness (QED) is 0.329. The summed E-state index contributed by atoms with van der Waals surface area (Å²) in [5.74, 6) is 2.12. The molecule has 0 amide bonds. The van der Waals surface area contributed by atoms with Crippen molar-refractivity contribution in [1.82, 2.24) is 30.4 Å². The lowest BCUT2D eigenvalue weighted by Gasteiger charge is -2.10. The molecule has 0 atom stereocenters. The molecular weight excluding hydrogens is 445 g/mol. The van der Waals surface area contributed by atoms with Gasteiger partial charge in [-0.3, -0.25) is 4.68 Å². The SMILES string of the molecule is CCNC(=NCc1coc(-c2ccccc2)n1)NCc1ncnn1C.I. The fraction of sp³-hybridized carbons (Fsp3) is 0.294. The number of aliphatic imine (C=N–C) groups is 1. The number of oxazole rings is 1. The average molecular weight is 467 g/mol. The molecule has 0 fully saturated rings. The summed E-state index contributed by atoms with van der Waals surface area (Å²) < 4.78 is 7.26. The molecule has 0 bridgehead atoms. The Balaban J connectivity index is 0.00000243. The Morgan fingerprint density at radius 1 is 1.23 bits per heavy atom. The molecule has 0 unspecified atom stereocenters. The first-order valence-corrected chi connectivity index (χ1v) is 8.11. The Morgan fingerprint density at radius 3 is 2.73 bits per heavy atom. The second-order valence-electron chi connectivity index (χ2n) is 5.36. The lowest BCUT2D eigenvalue weighted by molar-refractivity contribution is 0.572. The number of rotatable bonds is 6. The average Bonchev–Trinajstić information content (AvgIpc) is 3.27. The van der Waals surface area contributed by atoms with Gasteiger partial charge in [-0.2, -0.15) is 5.10 Å². The maximum Gasteiger partial charge on any atom is 0.226 e. The smallest absolute Gasteiger partial charge is 0.226 e. The highest BCUT2D eigenvalue weighted by molar-refractivity contribution is 14.0. The normalized spacial score (nSPS) is 11.1. The number of aromatic nitrogens is 4. The van der Waals surface area contributed by atoms with Gasteiger partial charge in [-0.05, 0) is 19.1 Å². The predicted octanol–water partition coefficient (Wildman–Crippen LogP) is 2.34. The number of hydrogen-bond donors (Lipinski definition) is 2. The van der Waals surface area contributed by atoms with Gasteiger partial charge >= 0.3 is 0 Å². The maximum atomic E-state index is 5.53. The van der Waals surface area contributed by atoms with Crippen LogP contribution < -0.4 is 10.6 Å². The molecule has 0 radical (unpaired) electrons. The van der Waals surface area contributed by atoms with Crippen LogP contribution in [0, 0.1) is 0 Å². The van der Waals surface area contributed by atoms with Gasteiger partial charge in [0.05, 0.1) is 13.1 Å². The number of halogens is 1. The number of nitrogens with zero attached hydrogens (tertiary/aromatic N) is 5. The fourth-order valence-corrected chi connectivity index (χ4v) is 2.24. The molecule has 9 heteroatoms. The van der Waals surface area contributed by atoms with E-state index in [0.717, 1.165) is 23.6 Å². The first-order valence-electron chi connectivity index (χ1n) is 8.11. The van der Waals surface area contributed by atoms with Crippen molar-refractivity contribution < 1.29 is 4.42 Å². The molecule has 0 saturated carbocycles. The minimum absolute atomic E-state index is 0. The van der Waals surface area contributed by atoms with Crippen molar-refractivity contribution in [2.24, 2.45) is 12.0 Å². The van der Waals surface area contributed by atoms with Gasteiger partial charge in [0.25, 0.3) is 0 Å². The third-order valence-electron chi connectivity index (χ3n) is 3.53. The van der Waals surface area contributed by atoms with Crippen LogP contribution in [-0.2, 0) is 20.1 Å². The van der Waals surface area contributed by atoms with Crippen LogP contribution in [-0.4, -0.2) is 32.3 Å². The topological polar surface area (TPSA) is 93.2 Å². The van der Waals surface area contributed by atoms with Crippen LogP contribution in [0.5, 0.6) is 0 Å². The molecule has 0 aliphatic rings. The van der Waals surface area contributed by atoms with Crippen LogP contribution >= 0.6 is 24.0 Å². The van der Waals surface area contributed by atoms with Crippen LogP contribution in [0.25, 0.3) is 11.5 Å². The Labute approximate surface area is 169 Å². The van der Waals surface area contributed by atoms with Crippen molar-refractivity contribution in [3.05, 3.63) is 54.4 Å². The van der Waals surface area contributed by atoms with E-state index >= 15 is 0 Å². The van der Waals surface area contributed by atoms with E-state index in [4.69, 9.17) is 4.42 Å². The Bertz CT molecular complexity index is 829. The molecule has 3 rings (SSSR count). The molecule has 138 valence electrons. The molecule has 0 saturated heterocycles. The Morgan fingerprint density at radius 2 is 2.04 bits per heavy atom. The summed E-state index contributed by atoms with van der Waals surface area (Å²) in [6.45, 7) is 3.74. The lowest BCUT2D eigenvalue weighted by atomic mass is 10.2. The van der Waals surface area contributed by atoms with Crippen molar-refractivity contribution in [3.63, 3.8) is 0 Å². The molecule has 0 aliphatic heterocycles. The summed E-state index contributed by atoms with van der Waals surface area (Å²) in [7, 11) is 1.86. The molecule has 2 N–H and O–H groups in total. The molecule has 1 aromatic carbocycles. The Kier molecular flexibility index (Phi) is 7.57. The second-order valence-corrected chi connectivity index (χ2v) is 5.36. The molecule has 2 heterocycles. The molecule has 0 aliphatic carbocycles. The zero-order valence-electron chi connectivity index (χ0n) is 14.7. The highest BCUT2D eigenvalue weighted by atomic mass is 127. The van der Waals surface area contributed by atoms with Crippen molar-refractivity contribution in [2.75, 3.05) is 6.54 Å². The summed E-state index contributed by atoms with van der Waals surface area (Å²) >= 11 is 0. The summed E-state index contributed by atoms with van der Waals surface area (Å²) in [5.41, 5.74) is 1.72. The van der Waals surface area contributed by atoms with E-state index < -0.39 is 0 Å². The van der Waals surface area contributed by atoms with Crippen LogP contribution in [0.3, 0.4) is 0 Å². The van der Waals surface area contributed by atoms with Crippen molar-refractivity contribution in [2.45, 2.75) is 20.0 Å². The van der Waals surface area contributed by atoms with Crippen molar-refractivity contribution >= 4 is 29.9 Å². The molecule has 2 aromatic heterocycles. The summed E-state index contributed by atoms with van der Waals surface area (Å²) in [4.78, 5) is 13.2. The number of benzene rings is 1. The van der Waals surface area contributed by atoms with E-state index in [0.29, 0.717) is 24.9 Å².